The van der Waals surface area contributed by atoms with Crippen LogP contribution in [0.15, 0.2) is 30.5 Å². The lowest BCUT2D eigenvalue weighted by molar-refractivity contribution is -0.137. The van der Waals surface area contributed by atoms with E-state index in [1.54, 1.807) is 0 Å². The number of nitrogens with one attached hydrogen (secondary N) is 1. The van der Waals surface area contributed by atoms with Crippen molar-refractivity contribution in [2.24, 2.45) is 0 Å². The Morgan fingerprint density at radius 3 is 2.65 bits per heavy atom. The summed E-state index contributed by atoms with van der Waals surface area (Å²) in [5.74, 6) is -2.58. The maximum Gasteiger partial charge on any atom is 0.416 e. The maximum atomic E-state index is 12.7. The van der Waals surface area contributed by atoms with Gasteiger partial charge in [0.15, 0.2) is 0 Å². The van der Waals surface area contributed by atoms with Crippen LogP contribution in [0, 0.1) is 6.92 Å². The lowest BCUT2D eigenvalue weighted by Crippen LogP contribution is -2.17. The number of hydrogen-bond donors (Lipinski definition) is 2. The topological polar surface area (TPSA) is 109 Å². The Hall–Kier alpha value is -3.50. The highest BCUT2D eigenvalue weighted by Gasteiger charge is 2.30. The molecule has 2 heterocycles. The van der Waals surface area contributed by atoms with Crippen LogP contribution < -0.4 is 5.32 Å². The number of carboxylic acid groups (broad SMARTS) is 1. The van der Waals surface area contributed by atoms with Gasteiger partial charge in [0.25, 0.3) is 17.5 Å². The van der Waals surface area contributed by atoms with E-state index in [0.29, 0.717) is 0 Å². The Labute approximate surface area is 143 Å². The van der Waals surface area contributed by atoms with Crippen molar-refractivity contribution in [2.75, 3.05) is 5.32 Å². The number of aromatic carboxylic acids is 1. The maximum absolute atomic E-state index is 12.7. The molecule has 0 unspecified atom stereocenters. The second-order valence-electron chi connectivity index (χ2n) is 5.24. The Bertz CT molecular complexity index is 1030. The first kappa shape index (κ1) is 17.3. The SMILES string of the molecule is Cc1c(C(=O)Nc2cccc(C(F)(F)F)c2)cnc2nc(C(=O)O)nn12. The van der Waals surface area contributed by atoms with Crippen LogP contribution in [-0.2, 0) is 6.18 Å². The van der Waals surface area contributed by atoms with Crippen LogP contribution in [-0.4, -0.2) is 36.6 Å². The van der Waals surface area contributed by atoms with E-state index in [0.717, 1.165) is 22.8 Å². The zero-order valence-corrected chi connectivity index (χ0v) is 13.1. The number of carbonyl (C=O) groups excluding carboxylic acids is 1. The third kappa shape index (κ3) is 3.18. The molecule has 0 bridgehead atoms. The minimum atomic E-state index is -4.54. The van der Waals surface area contributed by atoms with Gasteiger partial charge >= 0.3 is 12.1 Å². The van der Waals surface area contributed by atoms with Crippen molar-refractivity contribution in [3.8, 4) is 0 Å². The van der Waals surface area contributed by atoms with Crippen LogP contribution in [0.25, 0.3) is 5.78 Å². The van der Waals surface area contributed by atoms with Crippen LogP contribution in [0.4, 0.5) is 18.9 Å². The molecule has 0 atom stereocenters. The summed E-state index contributed by atoms with van der Waals surface area (Å²) in [5.41, 5.74) is -0.701. The highest BCUT2D eigenvalue weighted by atomic mass is 19.4. The number of alkyl halides is 3. The molecule has 0 saturated carbocycles. The van der Waals surface area contributed by atoms with Gasteiger partial charge in [-0.15, -0.1) is 5.10 Å². The minimum Gasteiger partial charge on any atom is -0.475 e. The van der Waals surface area contributed by atoms with Crippen molar-refractivity contribution in [2.45, 2.75) is 13.1 Å². The van der Waals surface area contributed by atoms with Crippen molar-refractivity contribution >= 4 is 23.3 Å². The Kier molecular flexibility index (Phi) is 4.06. The average molecular weight is 365 g/mol. The Morgan fingerprint density at radius 1 is 1.27 bits per heavy atom. The summed E-state index contributed by atoms with van der Waals surface area (Å²) in [4.78, 5) is 30.8. The highest BCUT2D eigenvalue weighted by Crippen LogP contribution is 2.30. The van der Waals surface area contributed by atoms with E-state index in [-0.39, 0.29) is 22.7 Å². The third-order valence-corrected chi connectivity index (χ3v) is 3.49. The van der Waals surface area contributed by atoms with E-state index in [2.05, 4.69) is 20.4 Å². The summed E-state index contributed by atoms with van der Waals surface area (Å²) < 4.78 is 39.3. The molecule has 1 amide bonds. The van der Waals surface area contributed by atoms with Crippen LogP contribution in [0.2, 0.25) is 0 Å². The molecular formula is C15H10F3N5O3. The predicted octanol–water partition coefficient (Wildman–Crippen LogP) is 2.40. The van der Waals surface area contributed by atoms with Crippen molar-refractivity contribution < 1.29 is 27.9 Å². The van der Waals surface area contributed by atoms with Crippen LogP contribution >= 0.6 is 0 Å². The van der Waals surface area contributed by atoms with Crippen LogP contribution in [0.5, 0.6) is 0 Å². The van der Waals surface area contributed by atoms with Gasteiger partial charge in [0.05, 0.1) is 16.8 Å². The number of hydrogen-bond acceptors (Lipinski definition) is 5. The number of amides is 1. The van der Waals surface area contributed by atoms with Crippen molar-refractivity contribution in [3.05, 3.63) is 53.1 Å². The molecule has 0 aliphatic heterocycles. The second kappa shape index (κ2) is 6.10. The van der Waals surface area contributed by atoms with E-state index in [9.17, 15) is 22.8 Å². The summed E-state index contributed by atoms with van der Waals surface area (Å²) >= 11 is 0. The van der Waals surface area contributed by atoms with Gasteiger partial charge in [-0.2, -0.15) is 22.7 Å². The molecule has 134 valence electrons. The van der Waals surface area contributed by atoms with Gasteiger partial charge < -0.3 is 10.4 Å². The number of nitrogens with zero attached hydrogens (tertiary/aromatic N) is 4. The molecule has 0 saturated heterocycles. The number of carbonyl (C=O) groups is 2. The van der Waals surface area contributed by atoms with Gasteiger partial charge in [-0.05, 0) is 25.1 Å². The Balaban J connectivity index is 1.93. The van der Waals surface area contributed by atoms with Crippen molar-refractivity contribution in [1.82, 2.24) is 19.6 Å². The van der Waals surface area contributed by atoms with Gasteiger partial charge in [-0.1, -0.05) is 6.07 Å². The normalized spacial score (nSPS) is 11.5. The standard InChI is InChI=1S/C15H10F3N5O3/c1-7-10(6-19-14-21-11(13(25)26)22-23(7)14)12(24)20-9-4-2-3-8(5-9)15(16,17)18/h2-6H,1H3,(H,20,24)(H,25,26). The van der Waals surface area contributed by atoms with E-state index < -0.39 is 29.4 Å². The number of aryl methyl sites for hydroxylation is 1. The number of fused-ring (bicyclic) bond motifs is 1. The number of halogens is 3. The number of carboxylic acids is 1. The van der Waals surface area contributed by atoms with Crippen molar-refractivity contribution in [1.29, 1.82) is 0 Å². The molecule has 8 nitrogen and oxygen atoms in total. The molecule has 11 heteroatoms. The smallest absolute Gasteiger partial charge is 0.416 e. The highest BCUT2D eigenvalue weighted by molar-refractivity contribution is 6.05. The summed E-state index contributed by atoms with van der Waals surface area (Å²) in [6.45, 7) is 1.48. The predicted molar refractivity (Wildman–Crippen MR) is 81.9 cm³/mol. The summed E-state index contributed by atoms with van der Waals surface area (Å²) in [6, 6.07) is 4.17. The molecule has 0 aliphatic rings. The first-order valence-corrected chi connectivity index (χ1v) is 7.11. The molecule has 0 aliphatic carbocycles. The zero-order valence-electron chi connectivity index (χ0n) is 13.1. The summed E-state index contributed by atoms with van der Waals surface area (Å²) in [7, 11) is 0. The fourth-order valence-electron chi connectivity index (χ4n) is 2.23. The first-order chi connectivity index (χ1) is 12.2. The number of rotatable bonds is 3. The quantitative estimate of drug-likeness (QED) is 0.738. The van der Waals surface area contributed by atoms with E-state index >= 15 is 0 Å². The molecule has 0 fully saturated rings. The second-order valence-corrected chi connectivity index (χ2v) is 5.24. The lowest BCUT2D eigenvalue weighted by Gasteiger charge is -2.11. The van der Waals surface area contributed by atoms with Gasteiger partial charge in [-0.25, -0.2) is 9.78 Å². The molecule has 26 heavy (non-hydrogen) atoms. The molecule has 2 N–H and O–H groups in total. The molecular weight excluding hydrogens is 355 g/mol. The van der Waals surface area contributed by atoms with E-state index in [1.165, 1.54) is 19.1 Å². The molecule has 0 radical (unpaired) electrons. The van der Waals surface area contributed by atoms with Crippen LogP contribution in [0.3, 0.4) is 0 Å². The molecule has 1 aromatic carbocycles. The van der Waals surface area contributed by atoms with E-state index in [1.807, 2.05) is 0 Å². The van der Waals surface area contributed by atoms with Gasteiger partial charge in [0, 0.05) is 11.9 Å². The van der Waals surface area contributed by atoms with Gasteiger partial charge in [-0.3, -0.25) is 4.79 Å². The Morgan fingerprint density at radius 2 is 2.00 bits per heavy atom. The molecule has 0 spiro atoms. The zero-order chi connectivity index (χ0) is 19.1. The lowest BCUT2D eigenvalue weighted by atomic mass is 10.1. The third-order valence-electron chi connectivity index (χ3n) is 3.49. The fraction of sp³-hybridized carbons (Fsp3) is 0.133. The summed E-state index contributed by atoms with van der Waals surface area (Å²) in [5, 5.41) is 15.0. The minimum absolute atomic E-state index is 0.0109. The van der Waals surface area contributed by atoms with Gasteiger partial charge in [0.1, 0.15) is 0 Å². The number of anilines is 1. The monoisotopic (exact) mass is 365 g/mol. The van der Waals surface area contributed by atoms with E-state index in [4.69, 9.17) is 5.11 Å². The molecule has 2 aromatic heterocycles. The number of aromatic nitrogens is 4. The fourth-order valence-corrected chi connectivity index (χ4v) is 2.23. The summed E-state index contributed by atoms with van der Waals surface area (Å²) in [6.07, 6.45) is -3.39. The van der Waals surface area contributed by atoms with Gasteiger partial charge in [0.2, 0.25) is 0 Å². The first-order valence-electron chi connectivity index (χ1n) is 7.11. The average Bonchev–Trinajstić information content (AvgIpc) is 3.00. The van der Waals surface area contributed by atoms with Crippen LogP contribution in [0.1, 0.15) is 32.2 Å². The largest absolute Gasteiger partial charge is 0.475 e. The molecule has 3 aromatic rings. The van der Waals surface area contributed by atoms with Crippen molar-refractivity contribution in [3.63, 3.8) is 0 Å². The number of benzene rings is 1. The molecule has 3 rings (SSSR count).